The van der Waals surface area contributed by atoms with Crippen molar-refractivity contribution in [3.63, 3.8) is 0 Å². The molecular formula is C14H13ClFN3. The lowest BCUT2D eigenvalue weighted by Crippen LogP contribution is -2.01. The summed E-state index contributed by atoms with van der Waals surface area (Å²) in [6, 6.07) is 6.79. The molecule has 2 aromatic rings. The molecule has 0 radical (unpaired) electrons. The van der Waals surface area contributed by atoms with Crippen LogP contribution in [-0.4, -0.2) is 17.0 Å². The van der Waals surface area contributed by atoms with Gasteiger partial charge in [0.2, 0.25) is 0 Å². The summed E-state index contributed by atoms with van der Waals surface area (Å²) in [6.07, 6.45) is 2.27. The second kappa shape index (κ2) is 4.78. The zero-order valence-corrected chi connectivity index (χ0v) is 11.2. The number of nitrogens with one attached hydrogen (secondary N) is 1. The van der Waals surface area contributed by atoms with Crippen LogP contribution in [0.1, 0.15) is 24.5 Å². The number of rotatable bonds is 3. The number of hydrogen-bond donors (Lipinski definition) is 1. The molecule has 19 heavy (non-hydrogen) atoms. The Bertz CT molecular complexity index is 626. The molecule has 0 bridgehead atoms. The molecule has 1 N–H and O–H groups in total. The van der Waals surface area contributed by atoms with E-state index in [2.05, 4.69) is 15.3 Å². The zero-order valence-electron chi connectivity index (χ0n) is 10.5. The van der Waals surface area contributed by atoms with Crippen LogP contribution < -0.4 is 5.32 Å². The van der Waals surface area contributed by atoms with E-state index in [-0.39, 0.29) is 5.02 Å². The molecule has 1 fully saturated rings. The third-order valence-electron chi connectivity index (χ3n) is 3.19. The van der Waals surface area contributed by atoms with E-state index in [1.807, 2.05) is 6.07 Å². The molecule has 0 amide bonds. The second-order valence-electron chi connectivity index (χ2n) is 4.63. The van der Waals surface area contributed by atoms with Crippen molar-refractivity contribution in [3.8, 4) is 11.4 Å². The number of hydrogen-bond acceptors (Lipinski definition) is 3. The fraction of sp³-hybridized carbons (Fsp3) is 0.286. The summed E-state index contributed by atoms with van der Waals surface area (Å²) in [5.74, 6) is 1.09. The van der Waals surface area contributed by atoms with E-state index in [1.54, 1.807) is 19.2 Å². The Morgan fingerprint density at radius 2 is 2.11 bits per heavy atom. The third-order valence-corrected chi connectivity index (χ3v) is 3.48. The van der Waals surface area contributed by atoms with Crippen LogP contribution in [0, 0.1) is 5.82 Å². The van der Waals surface area contributed by atoms with Crippen molar-refractivity contribution < 1.29 is 4.39 Å². The van der Waals surface area contributed by atoms with Gasteiger partial charge in [-0.2, -0.15) is 0 Å². The van der Waals surface area contributed by atoms with Gasteiger partial charge in [0.1, 0.15) is 5.82 Å². The molecule has 1 aromatic heterocycles. The maximum absolute atomic E-state index is 14.0. The minimum Gasteiger partial charge on any atom is -0.373 e. The van der Waals surface area contributed by atoms with E-state index in [0.717, 1.165) is 18.5 Å². The van der Waals surface area contributed by atoms with Crippen molar-refractivity contribution in [2.24, 2.45) is 0 Å². The summed E-state index contributed by atoms with van der Waals surface area (Å²) in [6.45, 7) is 0. The average molecular weight is 278 g/mol. The highest BCUT2D eigenvalue weighted by Crippen LogP contribution is 2.40. The molecule has 0 saturated heterocycles. The van der Waals surface area contributed by atoms with Gasteiger partial charge < -0.3 is 5.32 Å². The number of nitrogens with zero attached hydrogens (tertiary/aromatic N) is 2. The maximum Gasteiger partial charge on any atom is 0.164 e. The van der Waals surface area contributed by atoms with Crippen LogP contribution in [0.3, 0.4) is 0 Å². The number of aromatic nitrogens is 2. The van der Waals surface area contributed by atoms with Crippen LogP contribution in [0.25, 0.3) is 11.4 Å². The fourth-order valence-electron chi connectivity index (χ4n) is 1.98. The Morgan fingerprint density at radius 1 is 1.32 bits per heavy atom. The van der Waals surface area contributed by atoms with Gasteiger partial charge in [0.15, 0.2) is 11.6 Å². The van der Waals surface area contributed by atoms with Crippen LogP contribution in [0.5, 0.6) is 0 Å². The normalized spacial score (nSPS) is 14.5. The molecule has 0 aliphatic heterocycles. The first-order chi connectivity index (χ1) is 9.19. The first-order valence-electron chi connectivity index (χ1n) is 6.20. The molecule has 0 unspecified atom stereocenters. The lowest BCUT2D eigenvalue weighted by atomic mass is 10.2. The Hall–Kier alpha value is -1.68. The summed E-state index contributed by atoms with van der Waals surface area (Å²) in [5, 5.41) is 3.07. The SMILES string of the molecule is CNc1cc(C2CC2)nc(-c2cccc(Cl)c2F)n1. The van der Waals surface area contributed by atoms with Crippen LogP contribution in [0.4, 0.5) is 10.2 Å². The number of benzene rings is 1. The molecule has 98 valence electrons. The van der Waals surface area contributed by atoms with E-state index in [1.165, 1.54) is 6.07 Å². The molecule has 0 spiro atoms. The predicted molar refractivity (Wildman–Crippen MR) is 74.0 cm³/mol. The Morgan fingerprint density at radius 3 is 2.79 bits per heavy atom. The first-order valence-corrected chi connectivity index (χ1v) is 6.58. The quantitative estimate of drug-likeness (QED) is 0.926. The molecule has 0 atom stereocenters. The minimum absolute atomic E-state index is 0.0870. The van der Waals surface area contributed by atoms with Gasteiger partial charge in [0.25, 0.3) is 0 Å². The highest BCUT2D eigenvalue weighted by atomic mass is 35.5. The van der Waals surface area contributed by atoms with Gasteiger partial charge in [-0.25, -0.2) is 14.4 Å². The lowest BCUT2D eigenvalue weighted by molar-refractivity contribution is 0.630. The highest BCUT2D eigenvalue weighted by Gasteiger charge is 2.26. The standard InChI is InChI=1S/C14H13ClFN3/c1-17-12-7-11(8-5-6-8)18-14(19-12)9-3-2-4-10(15)13(9)16/h2-4,7-8H,5-6H2,1H3,(H,17,18,19). The van der Waals surface area contributed by atoms with E-state index in [0.29, 0.717) is 23.1 Å². The zero-order chi connectivity index (χ0) is 13.4. The van der Waals surface area contributed by atoms with Crippen molar-refractivity contribution in [3.05, 3.63) is 40.8 Å². The summed E-state index contributed by atoms with van der Waals surface area (Å²) in [4.78, 5) is 8.78. The molecule has 1 saturated carbocycles. The monoisotopic (exact) mass is 277 g/mol. The first kappa shape index (κ1) is 12.4. The van der Waals surface area contributed by atoms with E-state index < -0.39 is 5.82 Å². The summed E-state index contributed by atoms with van der Waals surface area (Å²) >= 11 is 5.81. The van der Waals surface area contributed by atoms with Gasteiger partial charge in [-0.15, -0.1) is 0 Å². The smallest absolute Gasteiger partial charge is 0.164 e. The van der Waals surface area contributed by atoms with E-state index >= 15 is 0 Å². The molecule has 3 rings (SSSR count). The van der Waals surface area contributed by atoms with Gasteiger partial charge in [0.05, 0.1) is 10.6 Å². The molecule has 5 heteroatoms. The average Bonchev–Trinajstić information content (AvgIpc) is 3.26. The van der Waals surface area contributed by atoms with Crippen molar-refractivity contribution in [1.82, 2.24) is 9.97 Å². The predicted octanol–water partition coefficient (Wildman–Crippen LogP) is 3.86. The fourth-order valence-corrected chi connectivity index (χ4v) is 2.15. The van der Waals surface area contributed by atoms with E-state index in [9.17, 15) is 4.39 Å². The highest BCUT2D eigenvalue weighted by molar-refractivity contribution is 6.31. The Labute approximate surface area is 115 Å². The molecule has 3 nitrogen and oxygen atoms in total. The van der Waals surface area contributed by atoms with Crippen molar-refractivity contribution in [2.45, 2.75) is 18.8 Å². The maximum atomic E-state index is 14.0. The topological polar surface area (TPSA) is 37.8 Å². The van der Waals surface area contributed by atoms with Gasteiger partial charge in [-0.1, -0.05) is 17.7 Å². The summed E-state index contributed by atoms with van der Waals surface area (Å²) in [7, 11) is 1.79. The van der Waals surface area contributed by atoms with Crippen molar-refractivity contribution in [2.75, 3.05) is 12.4 Å². The minimum atomic E-state index is -0.473. The molecule has 1 aliphatic carbocycles. The van der Waals surface area contributed by atoms with Crippen molar-refractivity contribution >= 4 is 17.4 Å². The van der Waals surface area contributed by atoms with Crippen LogP contribution in [0.15, 0.2) is 24.3 Å². The van der Waals surface area contributed by atoms with Gasteiger partial charge in [-0.05, 0) is 25.0 Å². The van der Waals surface area contributed by atoms with Gasteiger partial charge >= 0.3 is 0 Å². The largest absolute Gasteiger partial charge is 0.373 e. The number of halogens is 2. The van der Waals surface area contributed by atoms with Crippen LogP contribution >= 0.6 is 11.6 Å². The van der Waals surface area contributed by atoms with Gasteiger partial charge in [-0.3, -0.25) is 0 Å². The third kappa shape index (κ3) is 2.40. The molecule has 1 aliphatic rings. The Kier molecular flexibility index (Phi) is 3.11. The molecular weight excluding hydrogens is 265 g/mol. The molecule has 1 heterocycles. The Balaban J connectivity index is 2.13. The van der Waals surface area contributed by atoms with E-state index in [4.69, 9.17) is 11.6 Å². The summed E-state index contributed by atoms with van der Waals surface area (Å²) < 4.78 is 14.0. The second-order valence-corrected chi connectivity index (χ2v) is 5.03. The lowest BCUT2D eigenvalue weighted by Gasteiger charge is -2.08. The molecule has 1 aromatic carbocycles. The number of anilines is 1. The van der Waals surface area contributed by atoms with Crippen molar-refractivity contribution in [1.29, 1.82) is 0 Å². The van der Waals surface area contributed by atoms with Crippen LogP contribution in [0.2, 0.25) is 5.02 Å². The summed E-state index contributed by atoms with van der Waals surface area (Å²) in [5.41, 5.74) is 1.31. The van der Waals surface area contributed by atoms with Crippen LogP contribution in [-0.2, 0) is 0 Å². The van der Waals surface area contributed by atoms with Gasteiger partial charge in [0, 0.05) is 24.7 Å².